The second-order valence-electron chi connectivity index (χ2n) is 20.7. The van der Waals surface area contributed by atoms with Gasteiger partial charge in [-0.05, 0) is 18.2 Å². The van der Waals surface area contributed by atoms with Crippen molar-refractivity contribution in [3.05, 3.63) is 194 Å². The van der Waals surface area contributed by atoms with Gasteiger partial charge in [-0.2, -0.15) is 39.5 Å². The second-order valence-corrected chi connectivity index (χ2v) is 23.8. The molecule has 6 N–H and O–H groups in total. The fourth-order valence-electron chi connectivity index (χ4n) is 10.0. The van der Waals surface area contributed by atoms with Crippen molar-refractivity contribution in [2.24, 2.45) is 17.2 Å². The number of nitrogens with two attached hydrogens (primary N) is 3. The highest BCUT2D eigenvalue weighted by atomic mass is 32.1. The summed E-state index contributed by atoms with van der Waals surface area (Å²) in [6, 6.07) is 30.2. The molecular formula is C66H54F9N9O12S3. The van der Waals surface area contributed by atoms with Crippen molar-refractivity contribution in [2.75, 3.05) is 42.7 Å². The molecule has 3 amide bonds. The molecule has 0 radical (unpaired) electrons. The lowest BCUT2D eigenvalue weighted by molar-refractivity contribution is -0.139. The fourth-order valence-corrected chi connectivity index (χ4v) is 12.9. The Morgan fingerprint density at radius 2 is 0.596 bits per heavy atom. The number of rotatable bonds is 21. The van der Waals surface area contributed by atoms with Crippen molar-refractivity contribution in [3.63, 3.8) is 0 Å². The van der Waals surface area contributed by atoms with Crippen LogP contribution in [-0.4, -0.2) is 89.0 Å². The number of ether oxygens (including phenoxy) is 9. The van der Waals surface area contributed by atoms with Crippen molar-refractivity contribution in [3.8, 4) is 66.7 Å². The van der Waals surface area contributed by atoms with E-state index in [0.29, 0.717) is 82.6 Å². The van der Waals surface area contributed by atoms with E-state index in [0.717, 1.165) is 52.2 Å². The number of halogens is 9. The SMILES string of the molecule is COc1cc2ncn(-c3cc(OCc4ccccc4C(F)(F)F)c(C(N)=O)s3)c2cc1OC.COc1cc2ncn(-c3cc(OCc4ccccc4C(F)(F)F)c(C(N)=O)s3)c2cc1OC.COc1cc2ncn(-c3cc(OCc4ccccc4C(F)(F)F)c(C(N)=O)s3)c2cc1OC. The molecule has 516 valence electrons. The lowest BCUT2D eigenvalue weighted by Gasteiger charge is -2.13. The van der Waals surface area contributed by atoms with Gasteiger partial charge in [0.15, 0.2) is 34.5 Å². The molecule has 0 bridgehead atoms. The van der Waals surface area contributed by atoms with Crippen LogP contribution in [0.15, 0.2) is 146 Å². The van der Waals surface area contributed by atoms with Crippen molar-refractivity contribution in [1.82, 2.24) is 28.7 Å². The van der Waals surface area contributed by atoms with Gasteiger partial charge >= 0.3 is 18.5 Å². The van der Waals surface area contributed by atoms with Gasteiger partial charge in [0.2, 0.25) is 0 Å². The van der Waals surface area contributed by atoms with Crippen LogP contribution in [0.1, 0.15) is 62.4 Å². The summed E-state index contributed by atoms with van der Waals surface area (Å²) in [6.07, 6.45) is -8.94. The lowest BCUT2D eigenvalue weighted by atomic mass is 10.1. The minimum atomic E-state index is -4.53. The van der Waals surface area contributed by atoms with E-state index in [2.05, 4.69) is 15.0 Å². The maximum atomic E-state index is 13.3. The van der Waals surface area contributed by atoms with Gasteiger partial charge in [0.05, 0.1) is 92.4 Å². The minimum absolute atomic E-state index is 0.0573. The van der Waals surface area contributed by atoms with Gasteiger partial charge in [0.1, 0.15) is 85.7 Å². The van der Waals surface area contributed by atoms with Gasteiger partial charge in [-0.1, -0.05) is 54.6 Å². The maximum Gasteiger partial charge on any atom is 0.416 e. The summed E-state index contributed by atoms with van der Waals surface area (Å²) >= 11 is 3.11. The summed E-state index contributed by atoms with van der Waals surface area (Å²) < 4.78 is 173. The molecule has 0 aliphatic carbocycles. The Balaban J connectivity index is 0.000000161. The molecule has 0 fully saturated rings. The zero-order valence-electron chi connectivity index (χ0n) is 52.4. The van der Waals surface area contributed by atoms with Gasteiger partial charge in [-0.25, -0.2) is 15.0 Å². The highest BCUT2D eigenvalue weighted by Gasteiger charge is 2.36. The molecular weight excluding hydrogens is 1380 g/mol. The minimum Gasteiger partial charge on any atom is -0.493 e. The predicted molar refractivity (Wildman–Crippen MR) is 349 cm³/mol. The van der Waals surface area contributed by atoms with Crippen LogP contribution in [0.2, 0.25) is 0 Å². The lowest BCUT2D eigenvalue weighted by Crippen LogP contribution is -2.13. The van der Waals surface area contributed by atoms with Crippen molar-refractivity contribution < 1.29 is 96.5 Å². The number of carbonyl (C=O) groups excluding carboxylic acids is 3. The quantitative estimate of drug-likeness (QED) is 0.0565. The van der Waals surface area contributed by atoms with E-state index in [1.807, 2.05) is 0 Å². The number of alkyl halides is 9. The molecule has 12 rings (SSSR count). The first-order valence-corrected chi connectivity index (χ1v) is 31.1. The first-order chi connectivity index (χ1) is 47.2. The number of hydrogen-bond donors (Lipinski definition) is 3. The number of methoxy groups -OCH3 is 6. The van der Waals surface area contributed by atoms with Gasteiger partial charge in [0.25, 0.3) is 17.7 Å². The zero-order valence-corrected chi connectivity index (χ0v) is 54.9. The van der Waals surface area contributed by atoms with Crippen LogP contribution in [0.5, 0.6) is 51.7 Å². The van der Waals surface area contributed by atoms with Gasteiger partial charge in [0, 0.05) is 71.3 Å². The number of aromatic nitrogens is 6. The molecule has 0 atom stereocenters. The third-order valence-corrected chi connectivity index (χ3v) is 18.1. The van der Waals surface area contributed by atoms with E-state index in [-0.39, 0.29) is 68.4 Å². The highest BCUT2D eigenvalue weighted by molar-refractivity contribution is 7.17. The van der Waals surface area contributed by atoms with Crippen molar-refractivity contribution in [1.29, 1.82) is 0 Å². The summed E-state index contributed by atoms with van der Waals surface area (Å²) in [5.74, 6) is 0.961. The summed E-state index contributed by atoms with van der Waals surface area (Å²) in [6.45, 7) is -1.16. The molecule has 0 spiro atoms. The largest absolute Gasteiger partial charge is 0.493 e. The molecule has 12 aromatic rings. The number of imidazole rings is 3. The average Bonchev–Trinajstić information content (AvgIpc) is 1.64. The van der Waals surface area contributed by atoms with Crippen LogP contribution in [0, 0.1) is 0 Å². The molecule has 6 heterocycles. The Hall–Kier alpha value is -11.2. The van der Waals surface area contributed by atoms with E-state index in [1.165, 1.54) is 97.3 Å². The Morgan fingerprint density at radius 3 is 0.818 bits per heavy atom. The maximum absolute atomic E-state index is 13.3. The summed E-state index contributed by atoms with van der Waals surface area (Å²) in [4.78, 5) is 49.3. The summed E-state index contributed by atoms with van der Waals surface area (Å²) in [5, 5.41) is 1.62. The smallest absolute Gasteiger partial charge is 0.416 e. The van der Waals surface area contributed by atoms with E-state index in [9.17, 15) is 53.9 Å². The number of benzene rings is 6. The molecule has 99 heavy (non-hydrogen) atoms. The van der Waals surface area contributed by atoms with Crippen LogP contribution < -0.4 is 59.8 Å². The second kappa shape index (κ2) is 29.3. The third kappa shape index (κ3) is 15.3. The first-order valence-electron chi connectivity index (χ1n) is 28.6. The van der Waals surface area contributed by atoms with Crippen LogP contribution in [-0.2, 0) is 38.3 Å². The number of hydrogen-bond acceptors (Lipinski definition) is 18. The monoisotopic (exact) mass is 1430 g/mol. The van der Waals surface area contributed by atoms with Crippen LogP contribution in [0.3, 0.4) is 0 Å². The topological polar surface area (TPSA) is 266 Å². The van der Waals surface area contributed by atoms with Gasteiger partial charge in [-0.15, -0.1) is 34.0 Å². The van der Waals surface area contributed by atoms with E-state index < -0.39 is 52.9 Å². The van der Waals surface area contributed by atoms with E-state index >= 15 is 0 Å². The predicted octanol–water partition coefficient (Wildman–Crippen LogP) is 14.4. The Labute approximate surface area is 566 Å². The molecule has 33 heteroatoms. The number of fused-ring (bicyclic) bond motifs is 3. The molecule has 0 unspecified atom stereocenters. The van der Waals surface area contributed by atoms with E-state index in [1.54, 1.807) is 87.3 Å². The number of nitrogens with zero attached hydrogens (tertiary/aromatic N) is 6. The molecule has 0 aliphatic heterocycles. The van der Waals surface area contributed by atoms with Gasteiger partial charge < -0.3 is 59.8 Å². The van der Waals surface area contributed by atoms with Crippen LogP contribution >= 0.6 is 34.0 Å². The number of amides is 3. The fraction of sp³-hybridized carbons (Fsp3) is 0.182. The van der Waals surface area contributed by atoms with Crippen LogP contribution in [0.4, 0.5) is 39.5 Å². The van der Waals surface area contributed by atoms with Gasteiger partial charge in [-0.3, -0.25) is 28.1 Å². The van der Waals surface area contributed by atoms with Crippen LogP contribution in [0.25, 0.3) is 48.1 Å². The number of thiophene rings is 3. The molecule has 21 nitrogen and oxygen atoms in total. The molecule has 6 aromatic carbocycles. The highest BCUT2D eigenvalue weighted by Crippen LogP contribution is 2.43. The van der Waals surface area contributed by atoms with Crippen molar-refractivity contribution in [2.45, 2.75) is 38.3 Å². The van der Waals surface area contributed by atoms with E-state index in [4.69, 9.17) is 59.8 Å². The Bertz CT molecular complexity index is 4480. The zero-order chi connectivity index (χ0) is 71.3. The molecule has 0 saturated carbocycles. The molecule has 6 aromatic heterocycles. The Morgan fingerprint density at radius 1 is 0.364 bits per heavy atom. The first kappa shape index (κ1) is 70.6. The molecule has 0 saturated heterocycles. The van der Waals surface area contributed by atoms with Crippen molar-refractivity contribution >= 4 is 84.8 Å². The average molecular weight is 1430 g/mol. The third-order valence-electron chi connectivity index (χ3n) is 14.7. The molecule has 0 aliphatic rings. The normalized spacial score (nSPS) is 11.5. The standard InChI is InChI=1S/3C22H18F3N3O4S/c3*1-30-16-7-14-15(8-17(16)31-2)28(11-27-14)19-9-18(20(33-19)21(26)29)32-10-12-5-3-4-6-13(12)22(23,24)25/h3*3-9,11H,10H2,1-2H3,(H2,26,29). The number of primary amides is 3. The number of carbonyl (C=O) groups is 3. The summed E-state index contributed by atoms with van der Waals surface area (Å²) in [7, 11) is 9.06. The Kier molecular flexibility index (Phi) is 20.9. The summed E-state index contributed by atoms with van der Waals surface area (Å²) in [5.41, 5.74) is 17.7.